The third kappa shape index (κ3) is 2.76. The molecule has 6 nitrogen and oxygen atoms in total. The molecule has 0 atom stereocenters. The van der Waals surface area contributed by atoms with Crippen molar-refractivity contribution in [3.05, 3.63) is 69.9 Å². The van der Waals surface area contributed by atoms with E-state index in [4.69, 9.17) is 0 Å². The van der Waals surface area contributed by atoms with E-state index in [1.54, 1.807) is 11.0 Å². The van der Waals surface area contributed by atoms with E-state index in [2.05, 4.69) is 4.98 Å². The van der Waals surface area contributed by atoms with Crippen molar-refractivity contribution >= 4 is 28.2 Å². The van der Waals surface area contributed by atoms with Crippen molar-refractivity contribution < 1.29 is 9.72 Å². The lowest BCUT2D eigenvalue weighted by atomic mass is 10.1. The summed E-state index contributed by atoms with van der Waals surface area (Å²) in [6.45, 7) is 0.587. The number of benzene rings is 2. The van der Waals surface area contributed by atoms with Gasteiger partial charge in [0.05, 0.1) is 10.6 Å². The van der Waals surface area contributed by atoms with Gasteiger partial charge in [0, 0.05) is 42.2 Å². The van der Waals surface area contributed by atoms with Crippen LogP contribution in [0.5, 0.6) is 0 Å². The van der Waals surface area contributed by atoms with Crippen LogP contribution in [0, 0.1) is 10.1 Å². The molecule has 2 aromatic carbocycles. The van der Waals surface area contributed by atoms with Gasteiger partial charge in [-0.05, 0) is 30.0 Å². The predicted molar refractivity (Wildman–Crippen MR) is 95.8 cm³/mol. The summed E-state index contributed by atoms with van der Waals surface area (Å²) in [6.07, 6.45) is 3.71. The van der Waals surface area contributed by atoms with Crippen LogP contribution in [-0.2, 0) is 17.6 Å². The van der Waals surface area contributed by atoms with Crippen molar-refractivity contribution in [1.29, 1.82) is 0 Å². The second kappa shape index (κ2) is 6.05. The number of nitrogens with zero attached hydrogens (tertiary/aromatic N) is 2. The van der Waals surface area contributed by atoms with Crippen molar-refractivity contribution in [3.63, 3.8) is 0 Å². The van der Waals surface area contributed by atoms with Crippen LogP contribution in [0.4, 0.5) is 11.4 Å². The minimum Gasteiger partial charge on any atom is -0.361 e. The lowest BCUT2D eigenvalue weighted by Crippen LogP contribution is -2.29. The molecule has 0 spiro atoms. The Morgan fingerprint density at radius 3 is 2.92 bits per heavy atom. The Balaban J connectivity index is 1.51. The minimum atomic E-state index is -0.423. The summed E-state index contributed by atoms with van der Waals surface area (Å²) in [5, 5.41) is 12.1. The molecule has 3 aromatic rings. The van der Waals surface area contributed by atoms with Crippen LogP contribution >= 0.6 is 0 Å². The SMILES string of the molecule is O=C(CCc1c[nH]c2ccccc12)N1CCc2ccc([N+](=O)[O-])cc21. The number of aryl methyl sites for hydroxylation is 1. The van der Waals surface area contributed by atoms with E-state index in [1.807, 2.05) is 30.5 Å². The average molecular weight is 335 g/mol. The van der Waals surface area contributed by atoms with Gasteiger partial charge >= 0.3 is 0 Å². The average Bonchev–Trinajstić information content (AvgIpc) is 3.23. The number of hydrogen-bond donors (Lipinski definition) is 1. The number of rotatable bonds is 4. The van der Waals surface area contributed by atoms with E-state index in [0.717, 1.165) is 28.5 Å². The molecule has 0 fully saturated rings. The molecule has 0 unspecified atom stereocenters. The fourth-order valence-electron chi connectivity index (χ4n) is 3.46. The van der Waals surface area contributed by atoms with E-state index in [9.17, 15) is 14.9 Å². The first-order chi connectivity index (χ1) is 12.1. The van der Waals surface area contributed by atoms with Crippen LogP contribution in [0.3, 0.4) is 0 Å². The maximum absolute atomic E-state index is 12.7. The van der Waals surface area contributed by atoms with Crippen molar-refractivity contribution in [2.75, 3.05) is 11.4 Å². The highest BCUT2D eigenvalue weighted by molar-refractivity contribution is 5.96. The van der Waals surface area contributed by atoms with Gasteiger partial charge in [0.25, 0.3) is 5.69 Å². The molecule has 1 aromatic heterocycles. The Bertz CT molecular complexity index is 977. The highest BCUT2D eigenvalue weighted by atomic mass is 16.6. The van der Waals surface area contributed by atoms with Gasteiger partial charge in [0.15, 0.2) is 0 Å². The molecule has 4 rings (SSSR count). The molecule has 1 N–H and O–H groups in total. The third-order valence-electron chi connectivity index (χ3n) is 4.76. The fourth-order valence-corrected chi connectivity index (χ4v) is 3.46. The van der Waals surface area contributed by atoms with E-state index in [1.165, 1.54) is 12.1 Å². The molecule has 1 aliphatic heterocycles. The molecule has 0 saturated heterocycles. The van der Waals surface area contributed by atoms with Gasteiger partial charge in [-0.15, -0.1) is 0 Å². The summed E-state index contributed by atoms with van der Waals surface area (Å²) < 4.78 is 0. The summed E-state index contributed by atoms with van der Waals surface area (Å²) in [7, 11) is 0. The largest absolute Gasteiger partial charge is 0.361 e. The first-order valence-corrected chi connectivity index (χ1v) is 8.26. The molecule has 0 bridgehead atoms. The monoisotopic (exact) mass is 335 g/mol. The van der Waals surface area contributed by atoms with Gasteiger partial charge in [-0.1, -0.05) is 24.3 Å². The van der Waals surface area contributed by atoms with Gasteiger partial charge in [0.2, 0.25) is 5.91 Å². The number of aromatic amines is 1. The zero-order valence-electron chi connectivity index (χ0n) is 13.6. The lowest BCUT2D eigenvalue weighted by molar-refractivity contribution is -0.384. The second-order valence-corrected chi connectivity index (χ2v) is 6.22. The number of non-ortho nitro benzene ring substituents is 1. The van der Waals surface area contributed by atoms with Crippen LogP contribution in [0.15, 0.2) is 48.7 Å². The number of amides is 1. The first-order valence-electron chi connectivity index (χ1n) is 8.26. The van der Waals surface area contributed by atoms with Crippen LogP contribution in [0.25, 0.3) is 10.9 Å². The molecular weight excluding hydrogens is 318 g/mol. The molecule has 2 heterocycles. The smallest absolute Gasteiger partial charge is 0.271 e. The molecule has 126 valence electrons. The number of carbonyl (C=O) groups excluding carboxylic acids is 1. The summed E-state index contributed by atoms with van der Waals surface area (Å²) in [5.41, 5.74) is 3.87. The zero-order valence-corrected chi connectivity index (χ0v) is 13.6. The third-order valence-corrected chi connectivity index (χ3v) is 4.76. The maximum atomic E-state index is 12.7. The Hall–Kier alpha value is -3.15. The summed E-state index contributed by atoms with van der Waals surface area (Å²) in [4.78, 5) is 28.1. The van der Waals surface area contributed by atoms with Crippen LogP contribution in [-0.4, -0.2) is 22.4 Å². The van der Waals surface area contributed by atoms with Crippen molar-refractivity contribution in [3.8, 4) is 0 Å². The summed E-state index contributed by atoms with van der Waals surface area (Å²) >= 11 is 0. The molecule has 25 heavy (non-hydrogen) atoms. The molecule has 0 saturated carbocycles. The number of para-hydroxylation sites is 1. The van der Waals surface area contributed by atoms with Crippen LogP contribution < -0.4 is 4.90 Å². The van der Waals surface area contributed by atoms with Gasteiger partial charge in [-0.3, -0.25) is 14.9 Å². The van der Waals surface area contributed by atoms with Gasteiger partial charge in [0.1, 0.15) is 0 Å². The van der Waals surface area contributed by atoms with Crippen molar-refractivity contribution in [2.45, 2.75) is 19.3 Å². The number of hydrogen-bond acceptors (Lipinski definition) is 3. The molecule has 6 heteroatoms. The number of H-pyrrole nitrogens is 1. The first kappa shape index (κ1) is 15.4. The normalized spacial score (nSPS) is 13.2. The number of nitro benzene ring substituents is 1. The molecule has 0 radical (unpaired) electrons. The summed E-state index contributed by atoms with van der Waals surface area (Å²) in [5.74, 6) is 0.00419. The van der Waals surface area contributed by atoms with E-state index in [0.29, 0.717) is 25.1 Å². The lowest BCUT2D eigenvalue weighted by Gasteiger charge is -2.17. The second-order valence-electron chi connectivity index (χ2n) is 6.22. The van der Waals surface area contributed by atoms with Crippen molar-refractivity contribution in [1.82, 2.24) is 4.98 Å². The molecule has 1 amide bonds. The van der Waals surface area contributed by atoms with Gasteiger partial charge in [-0.25, -0.2) is 0 Å². The highest BCUT2D eigenvalue weighted by Crippen LogP contribution is 2.32. The Morgan fingerprint density at radius 1 is 1.24 bits per heavy atom. The number of nitro groups is 1. The fraction of sp³-hybridized carbons (Fsp3) is 0.211. The number of aromatic nitrogens is 1. The van der Waals surface area contributed by atoms with Crippen LogP contribution in [0.2, 0.25) is 0 Å². The Morgan fingerprint density at radius 2 is 2.08 bits per heavy atom. The number of fused-ring (bicyclic) bond motifs is 2. The number of anilines is 1. The minimum absolute atomic E-state index is 0.00419. The van der Waals surface area contributed by atoms with Gasteiger partial charge in [-0.2, -0.15) is 0 Å². The number of carbonyl (C=O) groups is 1. The number of nitrogens with one attached hydrogen (secondary N) is 1. The highest BCUT2D eigenvalue weighted by Gasteiger charge is 2.26. The quantitative estimate of drug-likeness (QED) is 0.584. The maximum Gasteiger partial charge on any atom is 0.271 e. The van der Waals surface area contributed by atoms with Gasteiger partial charge < -0.3 is 9.88 Å². The topological polar surface area (TPSA) is 79.2 Å². The Labute approximate surface area is 144 Å². The van der Waals surface area contributed by atoms with E-state index in [-0.39, 0.29) is 11.6 Å². The predicted octanol–water partition coefficient (Wildman–Crippen LogP) is 3.60. The summed E-state index contributed by atoms with van der Waals surface area (Å²) in [6, 6.07) is 12.8. The van der Waals surface area contributed by atoms with E-state index < -0.39 is 4.92 Å². The zero-order chi connectivity index (χ0) is 17.4. The van der Waals surface area contributed by atoms with E-state index >= 15 is 0 Å². The Kier molecular flexibility index (Phi) is 3.72. The standard InChI is InChI=1S/C19H17N3O3/c23-19(8-6-14-12-20-17-4-2-1-3-16(14)17)21-10-9-13-5-7-15(22(24)25)11-18(13)21/h1-5,7,11-12,20H,6,8-10H2. The van der Waals surface area contributed by atoms with Crippen LogP contribution in [0.1, 0.15) is 17.5 Å². The molecular formula is C19H17N3O3. The van der Waals surface area contributed by atoms with Crippen molar-refractivity contribution in [2.24, 2.45) is 0 Å². The molecule has 1 aliphatic rings. The molecule has 0 aliphatic carbocycles.